The number of aromatic nitrogens is 3. The van der Waals surface area contributed by atoms with Crippen molar-refractivity contribution < 1.29 is 17.7 Å². The minimum atomic E-state index is -4.51. The van der Waals surface area contributed by atoms with Gasteiger partial charge in [0, 0.05) is 18.0 Å². The molecule has 6 nitrogen and oxygen atoms in total. The largest absolute Gasteiger partial charge is 0.406 e. The first-order valence-corrected chi connectivity index (χ1v) is 10.1. The Hall–Kier alpha value is -2.68. The van der Waals surface area contributed by atoms with Crippen LogP contribution >= 0.6 is 0 Å². The molecule has 1 atom stereocenters. The number of halogens is 3. The Morgan fingerprint density at radius 3 is 2.73 bits per heavy atom. The number of para-hydroxylation sites is 1. The Labute approximate surface area is 170 Å². The van der Waals surface area contributed by atoms with Crippen molar-refractivity contribution in [1.29, 1.82) is 0 Å². The van der Waals surface area contributed by atoms with Crippen LogP contribution in [0, 0.1) is 0 Å². The van der Waals surface area contributed by atoms with E-state index in [2.05, 4.69) is 15.0 Å². The second-order valence-corrected chi connectivity index (χ2v) is 8.11. The van der Waals surface area contributed by atoms with E-state index in [0.717, 1.165) is 35.2 Å². The second-order valence-electron chi connectivity index (χ2n) is 8.11. The highest BCUT2D eigenvalue weighted by atomic mass is 19.4. The van der Waals surface area contributed by atoms with Crippen molar-refractivity contribution in [3.05, 3.63) is 58.0 Å². The number of nitrogens with zero attached hydrogens (tertiary/aromatic N) is 4. The summed E-state index contributed by atoms with van der Waals surface area (Å²) in [6, 6.07) is 6.19. The van der Waals surface area contributed by atoms with Gasteiger partial charge in [-0.15, -0.1) is 0 Å². The number of likely N-dealkylation sites (tertiary alicyclic amines) is 1. The van der Waals surface area contributed by atoms with E-state index in [4.69, 9.17) is 4.52 Å². The van der Waals surface area contributed by atoms with E-state index in [0.29, 0.717) is 30.9 Å². The lowest BCUT2D eigenvalue weighted by molar-refractivity contribution is -0.142. The lowest BCUT2D eigenvalue weighted by atomic mass is 10.1. The fourth-order valence-corrected chi connectivity index (χ4v) is 4.37. The van der Waals surface area contributed by atoms with Crippen LogP contribution in [0.3, 0.4) is 0 Å². The van der Waals surface area contributed by atoms with Crippen molar-refractivity contribution in [1.82, 2.24) is 19.6 Å². The highest BCUT2D eigenvalue weighted by molar-refractivity contribution is 5.77. The van der Waals surface area contributed by atoms with Crippen LogP contribution < -0.4 is 5.56 Å². The molecule has 2 fully saturated rings. The zero-order valence-corrected chi connectivity index (χ0v) is 16.2. The average Bonchev–Trinajstić information content (AvgIpc) is 3.26. The van der Waals surface area contributed by atoms with Crippen molar-refractivity contribution >= 4 is 10.9 Å². The summed E-state index contributed by atoms with van der Waals surface area (Å²) in [5.41, 5.74) is 0.741. The molecule has 1 aliphatic carbocycles. The average molecular weight is 418 g/mol. The number of rotatable bonds is 5. The molecule has 158 valence electrons. The first kappa shape index (κ1) is 19.3. The van der Waals surface area contributed by atoms with Gasteiger partial charge >= 0.3 is 6.18 Å². The van der Waals surface area contributed by atoms with Crippen LogP contribution in [0.4, 0.5) is 13.2 Å². The van der Waals surface area contributed by atoms with E-state index < -0.39 is 18.3 Å². The predicted molar refractivity (Wildman–Crippen MR) is 103 cm³/mol. The van der Waals surface area contributed by atoms with Crippen molar-refractivity contribution in [2.75, 3.05) is 6.54 Å². The molecule has 1 saturated heterocycles. The number of fused-ring (bicyclic) bond motifs is 1. The molecule has 2 aromatic heterocycles. The first-order valence-electron chi connectivity index (χ1n) is 10.1. The van der Waals surface area contributed by atoms with Gasteiger partial charge < -0.3 is 4.52 Å². The lowest BCUT2D eigenvalue weighted by Gasteiger charge is -2.26. The molecule has 3 heterocycles. The maximum atomic E-state index is 13.3. The standard InChI is InChI=1S/C21H21F3N4O2/c22-21(23,24)12-28-19(26-16-5-2-1-4-15(16)20(28)29)17-6-3-9-27(17)11-14-10-25-30-18(14)13-7-8-13/h1-2,4-5,10,13,17H,3,6-9,11-12H2. The normalized spacial score (nSPS) is 20.3. The van der Waals surface area contributed by atoms with Gasteiger partial charge in [-0.3, -0.25) is 14.3 Å². The summed E-state index contributed by atoms with van der Waals surface area (Å²) < 4.78 is 46.2. The van der Waals surface area contributed by atoms with E-state index in [9.17, 15) is 18.0 Å². The van der Waals surface area contributed by atoms with Gasteiger partial charge in [-0.05, 0) is 44.4 Å². The van der Waals surface area contributed by atoms with Crippen LogP contribution in [0.15, 0.2) is 39.8 Å². The summed E-state index contributed by atoms with van der Waals surface area (Å²) in [5.74, 6) is 1.45. The Balaban J connectivity index is 1.55. The molecule has 1 aliphatic heterocycles. The number of benzene rings is 1. The van der Waals surface area contributed by atoms with Crippen molar-refractivity contribution in [2.45, 2.75) is 56.9 Å². The maximum Gasteiger partial charge on any atom is 0.406 e. The van der Waals surface area contributed by atoms with E-state index >= 15 is 0 Å². The van der Waals surface area contributed by atoms with Gasteiger partial charge in [0.25, 0.3) is 5.56 Å². The molecule has 9 heteroatoms. The highest BCUT2D eigenvalue weighted by Crippen LogP contribution is 2.43. The van der Waals surface area contributed by atoms with Crippen LogP contribution in [0.2, 0.25) is 0 Å². The van der Waals surface area contributed by atoms with Gasteiger partial charge in [0.1, 0.15) is 18.1 Å². The second kappa shape index (κ2) is 7.23. The van der Waals surface area contributed by atoms with Gasteiger partial charge in [0.05, 0.1) is 23.1 Å². The molecule has 0 radical (unpaired) electrons. The highest BCUT2D eigenvalue weighted by Gasteiger charge is 2.37. The molecule has 0 bridgehead atoms. The van der Waals surface area contributed by atoms with Crippen LogP contribution in [-0.2, 0) is 13.1 Å². The first-order chi connectivity index (χ1) is 14.4. The topological polar surface area (TPSA) is 64.2 Å². The Bertz CT molecular complexity index is 1130. The zero-order chi connectivity index (χ0) is 20.9. The minimum absolute atomic E-state index is 0.179. The Kier molecular flexibility index (Phi) is 4.65. The summed E-state index contributed by atoms with van der Waals surface area (Å²) in [5, 5.41) is 4.12. The molecule has 1 saturated carbocycles. The van der Waals surface area contributed by atoms with E-state index in [1.165, 1.54) is 6.07 Å². The number of alkyl halides is 3. The molecule has 3 aromatic rings. The van der Waals surface area contributed by atoms with Crippen LogP contribution in [0.25, 0.3) is 10.9 Å². The van der Waals surface area contributed by atoms with Gasteiger partial charge in [0.15, 0.2) is 0 Å². The number of hydrogen-bond acceptors (Lipinski definition) is 5. The van der Waals surface area contributed by atoms with E-state index in [1.54, 1.807) is 24.4 Å². The van der Waals surface area contributed by atoms with Crippen LogP contribution in [0.5, 0.6) is 0 Å². The number of hydrogen-bond donors (Lipinski definition) is 0. The summed E-state index contributed by atoms with van der Waals surface area (Å²) in [6.45, 7) is -0.104. The van der Waals surface area contributed by atoms with Gasteiger partial charge in [-0.1, -0.05) is 17.3 Å². The molecule has 2 aliphatic rings. The Morgan fingerprint density at radius 2 is 1.97 bits per heavy atom. The fourth-order valence-electron chi connectivity index (χ4n) is 4.37. The van der Waals surface area contributed by atoms with E-state index in [1.807, 2.05) is 0 Å². The van der Waals surface area contributed by atoms with Crippen LogP contribution in [-0.4, -0.2) is 32.3 Å². The lowest BCUT2D eigenvalue weighted by Crippen LogP contribution is -2.35. The zero-order valence-electron chi connectivity index (χ0n) is 16.2. The quantitative estimate of drug-likeness (QED) is 0.623. The maximum absolute atomic E-state index is 13.3. The molecule has 0 amide bonds. The Morgan fingerprint density at radius 1 is 1.17 bits per heavy atom. The summed E-state index contributed by atoms with van der Waals surface area (Å²) in [7, 11) is 0. The summed E-state index contributed by atoms with van der Waals surface area (Å²) in [4.78, 5) is 19.6. The van der Waals surface area contributed by atoms with Gasteiger partial charge in [-0.25, -0.2) is 4.98 Å². The molecule has 1 unspecified atom stereocenters. The van der Waals surface area contributed by atoms with E-state index in [-0.39, 0.29) is 17.3 Å². The summed E-state index contributed by atoms with van der Waals surface area (Å²) >= 11 is 0. The molecular weight excluding hydrogens is 397 g/mol. The predicted octanol–water partition coefficient (Wildman–Crippen LogP) is 4.16. The monoisotopic (exact) mass is 418 g/mol. The van der Waals surface area contributed by atoms with Crippen molar-refractivity contribution in [2.24, 2.45) is 0 Å². The molecule has 30 heavy (non-hydrogen) atoms. The van der Waals surface area contributed by atoms with Crippen molar-refractivity contribution in [3.63, 3.8) is 0 Å². The van der Waals surface area contributed by atoms with Crippen molar-refractivity contribution in [3.8, 4) is 0 Å². The minimum Gasteiger partial charge on any atom is -0.361 e. The third-order valence-corrected chi connectivity index (χ3v) is 5.89. The molecule has 1 aromatic carbocycles. The molecule has 5 rings (SSSR count). The molecule has 0 N–H and O–H groups in total. The van der Waals surface area contributed by atoms with Gasteiger partial charge in [0.2, 0.25) is 0 Å². The smallest absolute Gasteiger partial charge is 0.361 e. The molecule has 0 spiro atoms. The fraction of sp³-hybridized carbons (Fsp3) is 0.476. The van der Waals surface area contributed by atoms with Crippen LogP contribution in [0.1, 0.15) is 54.8 Å². The third-order valence-electron chi connectivity index (χ3n) is 5.89. The SMILES string of the molecule is O=c1c2ccccc2nc(C2CCCN2Cc2cnoc2C2CC2)n1CC(F)(F)F. The molecular formula is C21H21F3N4O2. The summed E-state index contributed by atoms with van der Waals surface area (Å²) in [6.07, 6.45) is 0.793. The van der Waals surface area contributed by atoms with Gasteiger partial charge in [-0.2, -0.15) is 13.2 Å². The third kappa shape index (κ3) is 3.62.